The number of nitrogens with zero attached hydrogens (tertiary/aromatic N) is 3. The van der Waals surface area contributed by atoms with Crippen molar-refractivity contribution in [2.24, 2.45) is 0 Å². The van der Waals surface area contributed by atoms with Crippen molar-refractivity contribution in [1.29, 1.82) is 0 Å². The second-order valence-electron chi connectivity index (χ2n) is 4.07. The number of fused-ring (bicyclic) bond motifs is 1. The van der Waals surface area contributed by atoms with E-state index in [4.69, 9.17) is 5.11 Å². The number of carboxylic acids is 1. The Balaban J connectivity index is 1.92. The van der Waals surface area contributed by atoms with E-state index in [2.05, 4.69) is 4.98 Å². The van der Waals surface area contributed by atoms with Crippen LogP contribution >= 0.6 is 11.3 Å². The summed E-state index contributed by atoms with van der Waals surface area (Å²) in [7, 11) is 0. The Morgan fingerprint density at radius 1 is 1.50 bits per heavy atom. The maximum atomic E-state index is 11.0. The molecule has 0 bridgehead atoms. The van der Waals surface area contributed by atoms with Gasteiger partial charge in [0.15, 0.2) is 4.96 Å². The number of rotatable bonds is 3. The molecule has 18 heavy (non-hydrogen) atoms. The predicted octanol–water partition coefficient (Wildman–Crippen LogP) is 2.25. The summed E-state index contributed by atoms with van der Waals surface area (Å²) in [4.78, 5) is 16.4. The number of carbonyl (C=O) groups is 1. The fourth-order valence-electron chi connectivity index (χ4n) is 1.98. The molecule has 0 unspecified atom stereocenters. The van der Waals surface area contributed by atoms with Crippen molar-refractivity contribution in [3.05, 3.63) is 47.0 Å². The first-order chi connectivity index (χ1) is 8.65. The lowest BCUT2D eigenvalue weighted by atomic mass is 10.2. The maximum absolute atomic E-state index is 11.0. The summed E-state index contributed by atoms with van der Waals surface area (Å²) >= 11 is 1.58. The van der Waals surface area contributed by atoms with Gasteiger partial charge in [0.05, 0.1) is 17.8 Å². The van der Waals surface area contributed by atoms with Gasteiger partial charge in [-0.1, -0.05) is 0 Å². The van der Waals surface area contributed by atoms with Crippen LogP contribution < -0.4 is 0 Å². The quantitative estimate of drug-likeness (QED) is 0.786. The minimum Gasteiger partial charge on any atom is -0.478 e. The first-order valence-corrected chi connectivity index (χ1v) is 6.33. The van der Waals surface area contributed by atoms with Gasteiger partial charge in [0.1, 0.15) is 0 Å². The van der Waals surface area contributed by atoms with Gasteiger partial charge in [0, 0.05) is 29.7 Å². The van der Waals surface area contributed by atoms with Crippen molar-refractivity contribution < 1.29 is 9.90 Å². The number of thiazole rings is 1. The van der Waals surface area contributed by atoms with Crippen molar-refractivity contribution in [1.82, 2.24) is 14.0 Å². The van der Waals surface area contributed by atoms with Gasteiger partial charge >= 0.3 is 5.97 Å². The summed E-state index contributed by atoms with van der Waals surface area (Å²) < 4.78 is 3.87. The first-order valence-electron chi connectivity index (χ1n) is 5.45. The highest BCUT2D eigenvalue weighted by molar-refractivity contribution is 7.15. The smallest absolute Gasteiger partial charge is 0.337 e. The van der Waals surface area contributed by atoms with E-state index >= 15 is 0 Å². The van der Waals surface area contributed by atoms with Gasteiger partial charge < -0.3 is 9.67 Å². The first kappa shape index (κ1) is 11.0. The number of imidazole rings is 1. The van der Waals surface area contributed by atoms with Gasteiger partial charge in [0.25, 0.3) is 0 Å². The molecule has 0 aliphatic heterocycles. The molecule has 0 saturated heterocycles. The SMILES string of the molecule is Cc1c(C(=O)O)ccn1Cc1cn2ccsc2n1. The highest BCUT2D eigenvalue weighted by Gasteiger charge is 2.12. The van der Waals surface area contributed by atoms with Gasteiger partial charge in [-0.25, -0.2) is 9.78 Å². The molecule has 3 aromatic heterocycles. The molecule has 0 radical (unpaired) electrons. The molecule has 3 aromatic rings. The number of hydrogen-bond acceptors (Lipinski definition) is 3. The topological polar surface area (TPSA) is 59.5 Å². The number of aromatic carboxylic acids is 1. The highest BCUT2D eigenvalue weighted by Crippen LogP contribution is 2.15. The Kier molecular flexibility index (Phi) is 2.45. The molecule has 0 aliphatic rings. The largest absolute Gasteiger partial charge is 0.478 e. The predicted molar refractivity (Wildman–Crippen MR) is 68.3 cm³/mol. The van der Waals surface area contributed by atoms with Crippen molar-refractivity contribution in [3.8, 4) is 0 Å². The normalized spacial score (nSPS) is 11.2. The molecule has 0 aliphatic carbocycles. The zero-order valence-corrected chi connectivity index (χ0v) is 10.5. The molecule has 92 valence electrons. The molecular formula is C12H11N3O2S. The molecule has 0 atom stereocenters. The van der Waals surface area contributed by atoms with Crippen LogP contribution in [0.25, 0.3) is 4.96 Å². The second kappa shape index (κ2) is 3.99. The highest BCUT2D eigenvalue weighted by atomic mass is 32.1. The summed E-state index contributed by atoms with van der Waals surface area (Å²) in [5.74, 6) is -0.892. The Labute approximate surface area is 107 Å². The number of carboxylic acid groups (broad SMARTS) is 1. The van der Waals surface area contributed by atoms with E-state index in [0.717, 1.165) is 16.3 Å². The van der Waals surface area contributed by atoms with Gasteiger partial charge in [-0.15, -0.1) is 11.3 Å². The van der Waals surface area contributed by atoms with E-state index in [1.165, 1.54) is 0 Å². The van der Waals surface area contributed by atoms with Crippen LogP contribution in [0.2, 0.25) is 0 Å². The third-order valence-electron chi connectivity index (χ3n) is 2.95. The summed E-state index contributed by atoms with van der Waals surface area (Å²) in [6.45, 7) is 2.40. The lowest BCUT2D eigenvalue weighted by Gasteiger charge is -2.03. The number of hydrogen-bond donors (Lipinski definition) is 1. The van der Waals surface area contributed by atoms with Gasteiger partial charge in [-0.05, 0) is 13.0 Å². The van der Waals surface area contributed by atoms with E-state index in [0.29, 0.717) is 12.1 Å². The minimum atomic E-state index is -0.892. The fraction of sp³-hybridized carbons (Fsp3) is 0.167. The van der Waals surface area contributed by atoms with Crippen molar-refractivity contribution >= 4 is 22.3 Å². The van der Waals surface area contributed by atoms with Crippen LogP contribution in [0.15, 0.2) is 30.0 Å². The van der Waals surface area contributed by atoms with Gasteiger partial charge in [-0.3, -0.25) is 4.40 Å². The molecule has 0 fully saturated rings. The molecule has 5 nitrogen and oxygen atoms in total. The van der Waals surface area contributed by atoms with Crippen molar-refractivity contribution in [2.75, 3.05) is 0 Å². The third kappa shape index (κ3) is 1.70. The molecule has 3 heterocycles. The van der Waals surface area contributed by atoms with Crippen LogP contribution in [0.5, 0.6) is 0 Å². The second-order valence-corrected chi connectivity index (χ2v) is 4.95. The van der Waals surface area contributed by atoms with E-state index in [-0.39, 0.29) is 0 Å². The lowest BCUT2D eigenvalue weighted by Crippen LogP contribution is -2.04. The fourth-order valence-corrected chi connectivity index (χ4v) is 2.69. The monoisotopic (exact) mass is 261 g/mol. The molecule has 3 rings (SSSR count). The van der Waals surface area contributed by atoms with Crippen molar-refractivity contribution in [3.63, 3.8) is 0 Å². The summed E-state index contributed by atoms with van der Waals surface area (Å²) in [5, 5.41) is 11.0. The molecule has 0 aromatic carbocycles. The summed E-state index contributed by atoms with van der Waals surface area (Å²) in [6, 6.07) is 1.62. The Morgan fingerprint density at radius 3 is 3.00 bits per heavy atom. The van der Waals surface area contributed by atoms with Gasteiger partial charge in [0.2, 0.25) is 0 Å². The Morgan fingerprint density at radius 2 is 2.33 bits per heavy atom. The van der Waals surface area contributed by atoms with Crippen LogP contribution in [0.1, 0.15) is 21.7 Å². The maximum Gasteiger partial charge on any atom is 0.337 e. The van der Waals surface area contributed by atoms with Crippen LogP contribution in [-0.4, -0.2) is 25.0 Å². The van der Waals surface area contributed by atoms with Gasteiger partial charge in [-0.2, -0.15) is 0 Å². The third-order valence-corrected chi connectivity index (χ3v) is 3.72. The lowest BCUT2D eigenvalue weighted by molar-refractivity contribution is 0.0696. The zero-order chi connectivity index (χ0) is 12.7. The van der Waals surface area contributed by atoms with E-state index in [9.17, 15) is 4.79 Å². The van der Waals surface area contributed by atoms with E-state index < -0.39 is 5.97 Å². The summed E-state index contributed by atoms with van der Waals surface area (Å²) in [6.07, 6.45) is 5.71. The van der Waals surface area contributed by atoms with Crippen LogP contribution in [-0.2, 0) is 6.54 Å². The average Bonchev–Trinajstić information content (AvgIpc) is 2.94. The van der Waals surface area contributed by atoms with Crippen LogP contribution in [0.3, 0.4) is 0 Å². The van der Waals surface area contributed by atoms with Crippen LogP contribution in [0.4, 0.5) is 0 Å². The molecule has 0 amide bonds. The average molecular weight is 261 g/mol. The molecule has 1 N–H and O–H groups in total. The standard InChI is InChI=1S/C12H11N3O2S/c1-8-10(11(16)17)2-3-14(8)6-9-7-15-4-5-18-12(15)13-9/h2-5,7H,6H2,1H3,(H,16,17). The van der Waals surface area contributed by atoms with E-state index in [1.807, 2.05) is 33.7 Å². The van der Waals surface area contributed by atoms with Crippen molar-refractivity contribution in [2.45, 2.75) is 13.5 Å². The molecule has 6 heteroatoms. The number of aromatic nitrogens is 3. The Hall–Kier alpha value is -2.08. The summed E-state index contributed by atoms with van der Waals surface area (Å²) in [5.41, 5.74) is 2.02. The molecular weight excluding hydrogens is 250 g/mol. The zero-order valence-electron chi connectivity index (χ0n) is 9.70. The van der Waals surface area contributed by atoms with E-state index in [1.54, 1.807) is 23.6 Å². The minimum absolute atomic E-state index is 0.344. The molecule has 0 spiro atoms. The van der Waals surface area contributed by atoms with Crippen LogP contribution in [0, 0.1) is 6.92 Å². The Bertz CT molecular complexity index is 694. The molecule has 0 saturated carbocycles.